The second-order valence-electron chi connectivity index (χ2n) is 2.39. The van der Waals surface area contributed by atoms with Crippen LogP contribution >= 0.6 is 23.8 Å². The number of hydrogen-bond acceptors (Lipinski definition) is 3. The van der Waals surface area contributed by atoms with Crippen molar-refractivity contribution < 1.29 is 0 Å². The van der Waals surface area contributed by atoms with Crippen LogP contribution in [-0.4, -0.2) is 9.36 Å². The van der Waals surface area contributed by atoms with E-state index in [0.29, 0.717) is 4.99 Å². The lowest BCUT2D eigenvalue weighted by Gasteiger charge is -1.91. The van der Waals surface area contributed by atoms with Crippen molar-refractivity contribution >= 4 is 38.8 Å². The SMILES string of the molecule is NC(=S)c1nsc2ccccc12. The van der Waals surface area contributed by atoms with Crippen molar-refractivity contribution in [2.24, 2.45) is 5.73 Å². The van der Waals surface area contributed by atoms with Crippen LogP contribution < -0.4 is 5.73 Å². The van der Waals surface area contributed by atoms with Gasteiger partial charge < -0.3 is 5.73 Å². The van der Waals surface area contributed by atoms with Crippen molar-refractivity contribution in [3.05, 3.63) is 30.0 Å². The molecule has 0 atom stereocenters. The van der Waals surface area contributed by atoms with Gasteiger partial charge in [-0.3, -0.25) is 0 Å². The fraction of sp³-hybridized carbons (Fsp3) is 0. The third-order valence-electron chi connectivity index (χ3n) is 1.61. The van der Waals surface area contributed by atoms with Crippen molar-refractivity contribution in [1.82, 2.24) is 4.37 Å². The van der Waals surface area contributed by atoms with Crippen LogP contribution in [0.2, 0.25) is 0 Å². The number of aromatic nitrogens is 1. The first-order valence-electron chi connectivity index (χ1n) is 3.43. The van der Waals surface area contributed by atoms with Crippen LogP contribution in [-0.2, 0) is 0 Å². The summed E-state index contributed by atoms with van der Waals surface area (Å²) in [7, 11) is 0. The van der Waals surface area contributed by atoms with E-state index in [-0.39, 0.29) is 0 Å². The number of thiocarbonyl (C=S) groups is 1. The minimum atomic E-state index is 0.368. The van der Waals surface area contributed by atoms with E-state index in [2.05, 4.69) is 4.37 Å². The summed E-state index contributed by atoms with van der Waals surface area (Å²) in [5.74, 6) is 0. The summed E-state index contributed by atoms with van der Waals surface area (Å²) >= 11 is 6.29. The van der Waals surface area contributed by atoms with Crippen molar-refractivity contribution in [2.45, 2.75) is 0 Å². The standard InChI is InChI=1S/C8H6N2S2/c9-8(11)7-5-3-1-2-4-6(5)12-10-7/h1-4H,(H2,9,11). The second kappa shape index (κ2) is 2.80. The van der Waals surface area contributed by atoms with Crippen LogP contribution in [0.25, 0.3) is 10.1 Å². The number of benzene rings is 1. The molecule has 0 spiro atoms. The van der Waals surface area contributed by atoms with E-state index in [9.17, 15) is 0 Å². The van der Waals surface area contributed by atoms with Gasteiger partial charge in [0.15, 0.2) is 0 Å². The molecular weight excluding hydrogens is 188 g/mol. The molecule has 0 aliphatic rings. The maximum atomic E-state index is 5.50. The van der Waals surface area contributed by atoms with E-state index >= 15 is 0 Å². The van der Waals surface area contributed by atoms with Gasteiger partial charge in [-0.15, -0.1) is 0 Å². The van der Waals surface area contributed by atoms with Crippen LogP contribution in [0, 0.1) is 0 Å². The minimum Gasteiger partial charge on any atom is -0.388 e. The predicted molar refractivity (Wildman–Crippen MR) is 55.5 cm³/mol. The van der Waals surface area contributed by atoms with Gasteiger partial charge in [0.05, 0.1) is 4.70 Å². The maximum Gasteiger partial charge on any atom is 0.124 e. The average Bonchev–Trinajstić information content (AvgIpc) is 2.47. The van der Waals surface area contributed by atoms with Crippen LogP contribution in [0.4, 0.5) is 0 Å². The van der Waals surface area contributed by atoms with Crippen molar-refractivity contribution in [1.29, 1.82) is 0 Å². The highest BCUT2D eigenvalue weighted by Gasteiger charge is 2.06. The van der Waals surface area contributed by atoms with E-state index in [4.69, 9.17) is 18.0 Å². The lowest BCUT2D eigenvalue weighted by Crippen LogP contribution is -2.09. The van der Waals surface area contributed by atoms with Crippen LogP contribution in [0.5, 0.6) is 0 Å². The molecule has 4 heteroatoms. The molecular formula is C8H6N2S2. The number of rotatable bonds is 1. The van der Waals surface area contributed by atoms with Gasteiger partial charge in [-0.2, -0.15) is 4.37 Å². The Morgan fingerprint density at radius 2 is 2.17 bits per heavy atom. The summed E-state index contributed by atoms with van der Waals surface area (Å²) < 4.78 is 5.30. The molecule has 2 N–H and O–H groups in total. The van der Waals surface area contributed by atoms with Crippen LogP contribution in [0.3, 0.4) is 0 Å². The van der Waals surface area contributed by atoms with Gasteiger partial charge in [0.2, 0.25) is 0 Å². The van der Waals surface area contributed by atoms with Crippen LogP contribution in [0.15, 0.2) is 24.3 Å². The van der Waals surface area contributed by atoms with E-state index in [0.717, 1.165) is 15.8 Å². The zero-order chi connectivity index (χ0) is 8.55. The zero-order valence-corrected chi connectivity index (χ0v) is 7.78. The van der Waals surface area contributed by atoms with Gasteiger partial charge in [0.25, 0.3) is 0 Å². The number of nitrogens with zero attached hydrogens (tertiary/aromatic N) is 1. The predicted octanol–water partition coefficient (Wildman–Crippen LogP) is 1.93. The Balaban J connectivity index is 2.79. The molecule has 0 unspecified atom stereocenters. The second-order valence-corrected chi connectivity index (χ2v) is 3.64. The van der Waals surface area contributed by atoms with E-state index in [1.807, 2.05) is 24.3 Å². The normalized spacial score (nSPS) is 10.3. The molecule has 0 bridgehead atoms. The third kappa shape index (κ3) is 1.09. The first kappa shape index (κ1) is 7.64. The lowest BCUT2D eigenvalue weighted by molar-refractivity contribution is 1.52. The Morgan fingerprint density at radius 1 is 1.42 bits per heavy atom. The largest absolute Gasteiger partial charge is 0.388 e. The molecule has 0 aliphatic carbocycles. The first-order valence-corrected chi connectivity index (χ1v) is 4.61. The van der Waals surface area contributed by atoms with Crippen molar-refractivity contribution in [3.8, 4) is 0 Å². The molecule has 2 nitrogen and oxygen atoms in total. The highest BCUT2D eigenvalue weighted by atomic mass is 32.1. The van der Waals surface area contributed by atoms with E-state index < -0.39 is 0 Å². The number of hydrogen-bond donors (Lipinski definition) is 1. The van der Waals surface area contributed by atoms with E-state index in [1.165, 1.54) is 11.5 Å². The van der Waals surface area contributed by atoms with Gasteiger partial charge in [0.1, 0.15) is 10.7 Å². The molecule has 0 aliphatic heterocycles. The molecule has 1 aromatic heterocycles. The Morgan fingerprint density at radius 3 is 2.92 bits per heavy atom. The van der Waals surface area contributed by atoms with Gasteiger partial charge in [-0.1, -0.05) is 30.4 Å². The van der Waals surface area contributed by atoms with Gasteiger partial charge in [-0.05, 0) is 17.6 Å². The molecule has 12 heavy (non-hydrogen) atoms. The average molecular weight is 194 g/mol. The maximum absolute atomic E-state index is 5.50. The van der Waals surface area contributed by atoms with Crippen LogP contribution in [0.1, 0.15) is 5.69 Å². The summed E-state index contributed by atoms with van der Waals surface area (Å²) in [6.45, 7) is 0. The topological polar surface area (TPSA) is 38.9 Å². The Kier molecular flexibility index (Phi) is 1.78. The summed E-state index contributed by atoms with van der Waals surface area (Å²) in [4.78, 5) is 0.368. The monoisotopic (exact) mass is 194 g/mol. The molecule has 2 rings (SSSR count). The molecule has 0 amide bonds. The molecule has 0 radical (unpaired) electrons. The Bertz CT molecular complexity index is 433. The molecule has 1 aromatic carbocycles. The molecule has 0 saturated heterocycles. The van der Waals surface area contributed by atoms with Crippen molar-refractivity contribution in [3.63, 3.8) is 0 Å². The number of nitrogens with two attached hydrogens (primary N) is 1. The molecule has 1 heterocycles. The van der Waals surface area contributed by atoms with Gasteiger partial charge in [0, 0.05) is 5.39 Å². The summed E-state index contributed by atoms with van der Waals surface area (Å²) in [6.07, 6.45) is 0. The zero-order valence-electron chi connectivity index (χ0n) is 6.15. The Labute approximate surface area is 79.2 Å². The molecule has 60 valence electrons. The highest BCUT2D eigenvalue weighted by Crippen LogP contribution is 2.21. The van der Waals surface area contributed by atoms with E-state index in [1.54, 1.807) is 0 Å². The van der Waals surface area contributed by atoms with Crippen molar-refractivity contribution in [2.75, 3.05) is 0 Å². The lowest BCUT2D eigenvalue weighted by atomic mass is 10.2. The minimum absolute atomic E-state index is 0.368. The van der Waals surface area contributed by atoms with Gasteiger partial charge in [-0.25, -0.2) is 0 Å². The smallest absolute Gasteiger partial charge is 0.124 e. The highest BCUT2D eigenvalue weighted by molar-refractivity contribution is 7.80. The summed E-state index contributed by atoms with van der Waals surface area (Å²) in [6, 6.07) is 7.92. The molecule has 2 aromatic rings. The fourth-order valence-electron chi connectivity index (χ4n) is 1.06. The van der Waals surface area contributed by atoms with Gasteiger partial charge >= 0.3 is 0 Å². The summed E-state index contributed by atoms with van der Waals surface area (Å²) in [5, 5.41) is 1.05. The first-order chi connectivity index (χ1) is 5.79. The number of fused-ring (bicyclic) bond motifs is 1. The summed E-state index contributed by atoms with van der Waals surface area (Å²) in [5.41, 5.74) is 6.24. The fourth-order valence-corrected chi connectivity index (χ4v) is 2.07. The molecule has 0 saturated carbocycles. The quantitative estimate of drug-likeness (QED) is 0.705. The third-order valence-corrected chi connectivity index (χ3v) is 2.63. The molecule has 0 fully saturated rings. The Hall–Kier alpha value is -1.00.